The summed E-state index contributed by atoms with van der Waals surface area (Å²) >= 11 is 0. The molecule has 0 saturated heterocycles. The zero-order valence-electron chi connectivity index (χ0n) is 16.9. The summed E-state index contributed by atoms with van der Waals surface area (Å²) in [5, 5.41) is 21.0. The van der Waals surface area contributed by atoms with Crippen molar-refractivity contribution in [1.82, 2.24) is 0 Å². The summed E-state index contributed by atoms with van der Waals surface area (Å²) in [5.41, 5.74) is 4.07. The van der Waals surface area contributed by atoms with E-state index in [2.05, 4.69) is 28.2 Å². The number of amides is 1. The molecule has 3 aromatic rings. The smallest absolute Gasteiger partial charge is 0.230 e. The van der Waals surface area contributed by atoms with Gasteiger partial charge in [0.05, 0.1) is 40.7 Å². The van der Waals surface area contributed by atoms with Gasteiger partial charge in [0.25, 0.3) is 0 Å². The lowest BCUT2D eigenvalue weighted by molar-refractivity contribution is -0.115. The molecule has 0 aliphatic carbocycles. The van der Waals surface area contributed by atoms with Gasteiger partial charge in [-0.3, -0.25) is 4.79 Å². The van der Waals surface area contributed by atoms with Gasteiger partial charge in [0.2, 0.25) is 5.91 Å². The third-order valence-corrected chi connectivity index (χ3v) is 4.69. The molecule has 0 bridgehead atoms. The first kappa shape index (κ1) is 20.4. The molecule has 1 heterocycles. The molecule has 1 amide bonds. The van der Waals surface area contributed by atoms with E-state index >= 15 is 0 Å². The van der Waals surface area contributed by atoms with Crippen LogP contribution in [0.2, 0.25) is 0 Å². The zero-order valence-corrected chi connectivity index (χ0v) is 16.9. The van der Waals surface area contributed by atoms with Crippen molar-refractivity contribution in [1.29, 1.82) is 10.5 Å². The summed E-state index contributed by atoms with van der Waals surface area (Å²) in [6.07, 6.45) is 0.0585. The third kappa shape index (κ3) is 4.65. The lowest BCUT2D eigenvalue weighted by atomic mass is 10.0. The molecule has 0 unspecified atom stereocenters. The summed E-state index contributed by atoms with van der Waals surface area (Å²) in [4.78, 5) is 17.2. The molecule has 1 aliphatic rings. The lowest BCUT2D eigenvalue weighted by Crippen LogP contribution is -2.15. The van der Waals surface area contributed by atoms with E-state index in [1.807, 2.05) is 42.5 Å². The van der Waals surface area contributed by atoms with Crippen LogP contribution in [-0.4, -0.2) is 18.2 Å². The van der Waals surface area contributed by atoms with Gasteiger partial charge in [0, 0.05) is 11.6 Å². The normalized spacial score (nSPS) is 11.9. The van der Waals surface area contributed by atoms with E-state index in [1.54, 1.807) is 30.3 Å². The number of nitrogens with one attached hydrogen (secondary N) is 1. The molecule has 6 heteroatoms. The second kappa shape index (κ2) is 9.30. The highest BCUT2D eigenvalue weighted by atomic mass is 16.5. The van der Waals surface area contributed by atoms with E-state index in [-0.39, 0.29) is 18.9 Å². The Hall–Kier alpha value is -4.86. The van der Waals surface area contributed by atoms with E-state index < -0.39 is 0 Å². The predicted octanol–water partition coefficient (Wildman–Crippen LogP) is 4.32. The summed E-state index contributed by atoms with van der Waals surface area (Å²) in [6.45, 7) is -0.147. The van der Waals surface area contributed by atoms with Crippen LogP contribution in [0.1, 0.15) is 28.7 Å². The highest BCUT2D eigenvalue weighted by molar-refractivity contribution is 6.17. The van der Waals surface area contributed by atoms with E-state index in [9.17, 15) is 10.1 Å². The van der Waals surface area contributed by atoms with Crippen LogP contribution in [0.3, 0.4) is 0 Å². The van der Waals surface area contributed by atoms with Crippen molar-refractivity contribution in [2.24, 2.45) is 4.99 Å². The number of nitrogens with zero attached hydrogens (tertiary/aromatic N) is 3. The number of hydrogen-bond acceptors (Lipinski definition) is 5. The topological polar surface area (TPSA) is 98.3 Å². The maximum atomic E-state index is 12.6. The summed E-state index contributed by atoms with van der Waals surface area (Å²) < 4.78 is 5.60. The fourth-order valence-electron chi connectivity index (χ4n) is 3.22. The first-order valence-electron chi connectivity index (χ1n) is 9.79. The van der Waals surface area contributed by atoms with Gasteiger partial charge in [-0.25, -0.2) is 4.99 Å². The second-order valence-electron chi connectivity index (χ2n) is 6.90. The molecule has 0 atom stereocenters. The van der Waals surface area contributed by atoms with Crippen LogP contribution >= 0.6 is 0 Å². The summed E-state index contributed by atoms with van der Waals surface area (Å²) in [5.74, 6) is 6.31. The predicted molar refractivity (Wildman–Crippen MR) is 121 cm³/mol. The Balaban J connectivity index is 1.81. The largest absolute Gasteiger partial charge is 0.477 e. The number of carbonyl (C=O) groups excluding carboxylic acids is 1. The van der Waals surface area contributed by atoms with Crippen LogP contribution < -0.4 is 10.1 Å². The van der Waals surface area contributed by atoms with Gasteiger partial charge in [-0.2, -0.15) is 10.5 Å². The van der Waals surface area contributed by atoms with Crippen molar-refractivity contribution in [3.05, 3.63) is 89.0 Å². The van der Waals surface area contributed by atoms with Crippen LogP contribution in [0.25, 0.3) is 0 Å². The number of ether oxygens (including phenoxy) is 1. The van der Waals surface area contributed by atoms with Crippen LogP contribution in [0.4, 0.5) is 11.4 Å². The molecule has 6 nitrogen and oxygen atoms in total. The number of carbonyl (C=O) groups is 1. The lowest BCUT2D eigenvalue weighted by Gasteiger charge is -2.10. The number of fused-ring (bicyclic) bond motifs is 1. The van der Waals surface area contributed by atoms with Gasteiger partial charge in [-0.1, -0.05) is 42.2 Å². The fourth-order valence-corrected chi connectivity index (χ4v) is 3.22. The molecule has 0 aromatic heterocycles. The maximum absolute atomic E-state index is 12.6. The van der Waals surface area contributed by atoms with Crippen LogP contribution in [0, 0.1) is 34.5 Å². The number of nitriles is 2. The van der Waals surface area contributed by atoms with Gasteiger partial charge in [0.15, 0.2) is 6.61 Å². The van der Waals surface area contributed by atoms with Gasteiger partial charge in [0.1, 0.15) is 11.8 Å². The minimum absolute atomic E-state index is 0.0585. The molecule has 1 N–H and O–H groups in total. The minimum Gasteiger partial charge on any atom is -0.477 e. The van der Waals surface area contributed by atoms with Gasteiger partial charge < -0.3 is 10.1 Å². The van der Waals surface area contributed by atoms with Crippen molar-refractivity contribution < 1.29 is 9.53 Å². The number of aliphatic imine (C=N–C) groups is 1. The average molecular weight is 416 g/mol. The molecule has 0 saturated carbocycles. The Bertz CT molecular complexity index is 1370. The van der Waals surface area contributed by atoms with Crippen molar-refractivity contribution in [2.45, 2.75) is 6.42 Å². The summed E-state index contributed by atoms with van der Waals surface area (Å²) in [6, 6.07) is 23.9. The number of hydrogen-bond donors (Lipinski definition) is 1. The molecule has 32 heavy (non-hydrogen) atoms. The van der Waals surface area contributed by atoms with Crippen LogP contribution in [0.15, 0.2) is 71.7 Å². The molecule has 1 aliphatic heterocycles. The molecular formula is C26H16N4O2. The molecule has 0 radical (unpaired) electrons. The molecule has 4 rings (SSSR count). The van der Waals surface area contributed by atoms with Crippen LogP contribution in [0.5, 0.6) is 5.75 Å². The first-order valence-corrected chi connectivity index (χ1v) is 9.79. The molecular weight excluding hydrogens is 400 g/mol. The Morgan fingerprint density at radius 2 is 1.78 bits per heavy atom. The van der Waals surface area contributed by atoms with E-state index in [0.29, 0.717) is 39.5 Å². The third-order valence-electron chi connectivity index (χ3n) is 4.69. The van der Waals surface area contributed by atoms with Gasteiger partial charge in [-0.15, -0.1) is 0 Å². The van der Waals surface area contributed by atoms with Crippen molar-refractivity contribution in [2.75, 3.05) is 11.9 Å². The minimum atomic E-state index is -0.225. The summed E-state index contributed by atoms with van der Waals surface area (Å²) in [7, 11) is 0. The average Bonchev–Trinajstić information content (AvgIpc) is 2.99. The highest BCUT2D eigenvalue weighted by Gasteiger charge is 2.20. The first-order chi connectivity index (χ1) is 15.7. The molecule has 0 fully saturated rings. The van der Waals surface area contributed by atoms with E-state index in [1.165, 1.54) is 0 Å². The zero-order chi connectivity index (χ0) is 22.3. The monoisotopic (exact) mass is 416 g/mol. The number of benzene rings is 3. The van der Waals surface area contributed by atoms with E-state index in [0.717, 1.165) is 5.56 Å². The van der Waals surface area contributed by atoms with Gasteiger partial charge >= 0.3 is 0 Å². The van der Waals surface area contributed by atoms with Crippen LogP contribution in [-0.2, 0) is 4.79 Å². The molecule has 0 spiro atoms. The maximum Gasteiger partial charge on any atom is 0.230 e. The Kier molecular flexibility index (Phi) is 5.94. The Morgan fingerprint density at radius 1 is 0.969 bits per heavy atom. The van der Waals surface area contributed by atoms with Crippen molar-refractivity contribution in [3.63, 3.8) is 0 Å². The Labute approximate surface area is 185 Å². The fraction of sp³-hybridized carbons (Fsp3) is 0.0769. The number of anilines is 1. The Morgan fingerprint density at radius 3 is 2.56 bits per heavy atom. The molecule has 152 valence electrons. The highest BCUT2D eigenvalue weighted by Crippen LogP contribution is 2.35. The molecule has 3 aromatic carbocycles. The standard InChI is InChI=1S/C26H16N4O2/c27-11-12-32-25-15-24-23(14-21(25)10-9-18-5-2-1-3-6-18)30-26(31)16-22(29-24)20-8-4-7-19(13-20)17-28/h1-8,13-15H,12,16H2,(H,30,31). The SMILES string of the molecule is N#CCOc1cc2c(cc1C#Cc1ccccc1)NC(=O)CC(c1cccc(C#N)c1)=N2. The van der Waals surface area contributed by atoms with E-state index in [4.69, 9.17) is 10.00 Å². The quantitative estimate of drug-likeness (QED) is 0.643. The second-order valence-corrected chi connectivity index (χ2v) is 6.90. The van der Waals surface area contributed by atoms with Gasteiger partial charge in [-0.05, 0) is 35.9 Å². The van der Waals surface area contributed by atoms with Crippen molar-refractivity contribution >= 4 is 23.0 Å². The van der Waals surface area contributed by atoms with Crippen molar-refractivity contribution in [3.8, 4) is 29.7 Å². The number of rotatable bonds is 3.